The summed E-state index contributed by atoms with van der Waals surface area (Å²) in [5.41, 5.74) is 3.23. The van der Waals surface area contributed by atoms with E-state index in [2.05, 4.69) is 26.1 Å². The summed E-state index contributed by atoms with van der Waals surface area (Å²) in [4.78, 5) is 25.2. The fourth-order valence-electron chi connectivity index (χ4n) is 2.88. The van der Waals surface area contributed by atoms with Crippen molar-refractivity contribution >= 4 is 0 Å². The van der Waals surface area contributed by atoms with E-state index < -0.39 is 0 Å². The third kappa shape index (κ3) is 2.74. The summed E-state index contributed by atoms with van der Waals surface area (Å²) < 4.78 is 1.82. The number of pyridine rings is 1. The van der Waals surface area contributed by atoms with Gasteiger partial charge in [0.2, 0.25) is 0 Å². The van der Waals surface area contributed by atoms with Crippen LogP contribution in [0.5, 0.6) is 0 Å². The molecule has 0 unspecified atom stereocenters. The predicted molar refractivity (Wildman–Crippen MR) is 95.5 cm³/mol. The van der Waals surface area contributed by atoms with Crippen LogP contribution in [0.15, 0.2) is 53.6 Å². The lowest BCUT2D eigenvalue weighted by atomic mass is 10.1. The molecule has 7 heteroatoms. The van der Waals surface area contributed by atoms with Crippen molar-refractivity contribution in [3.8, 4) is 28.8 Å². The van der Waals surface area contributed by atoms with Gasteiger partial charge in [-0.3, -0.25) is 14.5 Å². The Balaban J connectivity index is 1.81. The molecule has 1 aromatic carbocycles. The lowest BCUT2D eigenvalue weighted by molar-refractivity contribution is 0.677. The molecule has 0 fully saturated rings. The molecule has 7 nitrogen and oxygen atoms in total. The number of H-pyrrole nitrogens is 1. The van der Waals surface area contributed by atoms with Crippen molar-refractivity contribution in [2.75, 3.05) is 0 Å². The van der Waals surface area contributed by atoms with Crippen LogP contribution in [0.4, 0.5) is 0 Å². The molecule has 4 rings (SSSR count). The van der Waals surface area contributed by atoms with E-state index in [-0.39, 0.29) is 5.56 Å². The van der Waals surface area contributed by atoms with E-state index in [1.165, 1.54) is 0 Å². The van der Waals surface area contributed by atoms with Crippen LogP contribution in [-0.4, -0.2) is 24.7 Å². The summed E-state index contributed by atoms with van der Waals surface area (Å²) in [6.45, 7) is 2.33. The van der Waals surface area contributed by atoms with Gasteiger partial charge < -0.3 is 5.10 Å². The summed E-state index contributed by atoms with van der Waals surface area (Å²) in [7, 11) is 0. The maximum atomic E-state index is 12.5. The number of aryl methyl sites for hydroxylation is 1. The van der Waals surface area contributed by atoms with Crippen LogP contribution in [0.1, 0.15) is 16.8 Å². The van der Waals surface area contributed by atoms with E-state index in [0.29, 0.717) is 29.3 Å². The minimum Gasteiger partial charge on any atom is -0.300 e. The highest BCUT2D eigenvalue weighted by Gasteiger charge is 2.21. The zero-order chi connectivity index (χ0) is 18.1. The third-order valence-corrected chi connectivity index (χ3v) is 4.15. The molecule has 1 N–H and O–H groups in total. The topological polar surface area (TPSA) is 100 Å². The van der Waals surface area contributed by atoms with Crippen molar-refractivity contribution in [2.45, 2.75) is 13.5 Å². The number of nitrogens with zero attached hydrogens (tertiary/aromatic N) is 5. The lowest BCUT2D eigenvalue weighted by Crippen LogP contribution is -2.15. The Hall–Kier alpha value is -3.79. The van der Waals surface area contributed by atoms with Gasteiger partial charge in [-0.05, 0) is 36.8 Å². The van der Waals surface area contributed by atoms with E-state index >= 15 is 0 Å². The molecular weight excluding hydrogens is 328 g/mol. The van der Waals surface area contributed by atoms with Crippen molar-refractivity contribution in [1.29, 1.82) is 5.26 Å². The monoisotopic (exact) mass is 342 g/mol. The van der Waals surface area contributed by atoms with E-state index in [1.807, 2.05) is 23.7 Å². The molecule has 1 aromatic heterocycles. The van der Waals surface area contributed by atoms with Crippen molar-refractivity contribution < 1.29 is 0 Å². The summed E-state index contributed by atoms with van der Waals surface area (Å²) in [5, 5.41) is 12.1. The molecule has 2 aliphatic heterocycles. The molecule has 0 saturated heterocycles. The number of benzene rings is 1. The van der Waals surface area contributed by atoms with Gasteiger partial charge in [-0.1, -0.05) is 12.1 Å². The Bertz CT molecular complexity index is 1140. The smallest absolute Gasteiger partial charge is 0.284 e. The summed E-state index contributed by atoms with van der Waals surface area (Å²) >= 11 is 0. The molecule has 0 radical (unpaired) electrons. The third-order valence-electron chi connectivity index (χ3n) is 4.15. The van der Waals surface area contributed by atoms with Crippen molar-refractivity contribution in [3.63, 3.8) is 0 Å². The maximum Gasteiger partial charge on any atom is 0.284 e. The second-order valence-electron chi connectivity index (χ2n) is 5.92. The molecule has 2 aromatic rings. The van der Waals surface area contributed by atoms with Gasteiger partial charge in [0.25, 0.3) is 5.56 Å². The SMILES string of the molecule is Cc1[nH]n(Cc2ccc(C#N)cc2)c2nc(-c3ccncc3)nc(=O)c1-2. The standard InChI is InChI=1S/C19H14N6O/c1-12-16-18(22-17(23-19(16)26)15-6-8-21-9-7-15)25(24-12)11-14-4-2-13(10-20)3-5-14/h2-9,24H,11H2,1H3. The number of rotatable bonds is 3. The van der Waals surface area contributed by atoms with E-state index in [4.69, 9.17) is 5.26 Å². The first-order valence-electron chi connectivity index (χ1n) is 8.02. The average molecular weight is 342 g/mol. The van der Waals surface area contributed by atoms with E-state index in [0.717, 1.165) is 16.8 Å². The molecule has 26 heavy (non-hydrogen) atoms. The van der Waals surface area contributed by atoms with Crippen LogP contribution in [0.3, 0.4) is 0 Å². The van der Waals surface area contributed by atoms with E-state index in [1.54, 1.807) is 36.7 Å². The van der Waals surface area contributed by atoms with Crippen molar-refractivity contribution in [3.05, 3.63) is 76.0 Å². The number of aromatic amines is 1. The number of fused-ring (bicyclic) bond motifs is 1. The highest BCUT2D eigenvalue weighted by molar-refractivity contribution is 5.64. The predicted octanol–water partition coefficient (Wildman–Crippen LogP) is 2.36. The maximum absolute atomic E-state index is 12.5. The van der Waals surface area contributed by atoms with Crippen LogP contribution in [0.25, 0.3) is 22.8 Å². The number of hydrogen-bond acceptors (Lipinski definition) is 5. The van der Waals surface area contributed by atoms with Gasteiger partial charge in [0, 0.05) is 23.7 Å². The van der Waals surface area contributed by atoms with Gasteiger partial charge in [0.15, 0.2) is 11.6 Å². The normalized spacial score (nSPS) is 10.8. The first kappa shape index (κ1) is 15.7. The fourth-order valence-corrected chi connectivity index (χ4v) is 2.88. The highest BCUT2D eigenvalue weighted by Crippen LogP contribution is 2.23. The molecular formula is C19H14N6O. The van der Waals surface area contributed by atoms with Crippen molar-refractivity contribution in [1.82, 2.24) is 24.7 Å². The number of aromatic nitrogens is 5. The molecule has 0 bridgehead atoms. The van der Waals surface area contributed by atoms with Gasteiger partial charge in [-0.25, -0.2) is 4.98 Å². The van der Waals surface area contributed by atoms with Gasteiger partial charge in [0.1, 0.15) is 5.56 Å². The number of hydrogen-bond donors (Lipinski definition) is 1. The second-order valence-corrected chi connectivity index (χ2v) is 5.92. The van der Waals surface area contributed by atoms with Gasteiger partial charge in [-0.15, -0.1) is 0 Å². The molecule has 3 heterocycles. The Kier molecular flexibility index (Phi) is 3.78. The molecule has 0 amide bonds. The Morgan fingerprint density at radius 3 is 2.54 bits per heavy atom. The Morgan fingerprint density at radius 1 is 1.12 bits per heavy atom. The summed E-state index contributed by atoms with van der Waals surface area (Å²) in [5.74, 6) is 0.927. The molecule has 0 aliphatic carbocycles. The zero-order valence-corrected chi connectivity index (χ0v) is 14.0. The largest absolute Gasteiger partial charge is 0.300 e. The highest BCUT2D eigenvalue weighted by atomic mass is 16.1. The number of nitrogens with one attached hydrogen (secondary N) is 1. The minimum atomic E-state index is -0.311. The first-order chi connectivity index (χ1) is 12.7. The van der Waals surface area contributed by atoms with Crippen LogP contribution < -0.4 is 5.56 Å². The molecule has 0 spiro atoms. The first-order valence-corrected chi connectivity index (χ1v) is 8.02. The van der Waals surface area contributed by atoms with Crippen LogP contribution >= 0.6 is 0 Å². The molecule has 0 atom stereocenters. The van der Waals surface area contributed by atoms with Crippen LogP contribution in [0.2, 0.25) is 0 Å². The van der Waals surface area contributed by atoms with Crippen LogP contribution in [-0.2, 0) is 6.54 Å². The molecule has 126 valence electrons. The zero-order valence-electron chi connectivity index (χ0n) is 14.0. The molecule has 0 saturated carbocycles. The summed E-state index contributed by atoms with van der Waals surface area (Å²) in [6, 6.07) is 12.9. The Morgan fingerprint density at radius 2 is 1.85 bits per heavy atom. The Labute approximate surface area is 148 Å². The summed E-state index contributed by atoms with van der Waals surface area (Å²) in [6.07, 6.45) is 3.28. The van der Waals surface area contributed by atoms with E-state index in [9.17, 15) is 4.79 Å². The lowest BCUT2D eigenvalue weighted by Gasteiger charge is -2.08. The second kappa shape index (κ2) is 6.26. The molecule has 2 aliphatic rings. The van der Waals surface area contributed by atoms with Gasteiger partial charge in [-0.2, -0.15) is 10.2 Å². The van der Waals surface area contributed by atoms with Crippen LogP contribution in [0, 0.1) is 18.3 Å². The minimum absolute atomic E-state index is 0.311. The van der Waals surface area contributed by atoms with Gasteiger partial charge in [0.05, 0.1) is 18.2 Å². The van der Waals surface area contributed by atoms with Crippen molar-refractivity contribution in [2.24, 2.45) is 0 Å². The number of nitriles is 1. The fraction of sp³-hybridized carbons (Fsp3) is 0.105. The average Bonchev–Trinajstić information content (AvgIpc) is 2.99. The quantitative estimate of drug-likeness (QED) is 0.616. The van der Waals surface area contributed by atoms with Gasteiger partial charge >= 0.3 is 0 Å².